The highest BCUT2D eigenvalue weighted by atomic mass is 35.5. The highest BCUT2D eigenvalue weighted by Crippen LogP contribution is 2.36. The van der Waals surface area contributed by atoms with E-state index in [-0.39, 0.29) is 16.0 Å². The van der Waals surface area contributed by atoms with Gasteiger partial charge in [-0.15, -0.1) is 0 Å². The first-order valence-electron chi connectivity index (χ1n) is 6.89. The molecule has 0 bridgehead atoms. The number of nitrogens with one attached hydrogen (secondary N) is 1. The lowest BCUT2D eigenvalue weighted by Gasteiger charge is -2.24. The van der Waals surface area contributed by atoms with E-state index in [1.807, 2.05) is 6.92 Å². The number of halogens is 2. The normalized spacial score (nSPS) is 17.2. The molecule has 0 aliphatic heterocycles. The Morgan fingerprint density at radius 2 is 2.10 bits per heavy atom. The molecule has 0 aromatic heterocycles. The molecule has 0 saturated heterocycles. The van der Waals surface area contributed by atoms with Crippen LogP contribution in [0.1, 0.15) is 25.3 Å². The van der Waals surface area contributed by atoms with Crippen LogP contribution < -0.4 is 5.32 Å². The van der Waals surface area contributed by atoms with Crippen LogP contribution in [0.3, 0.4) is 0 Å². The minimum Gasteiger partial charge on any atom is -0.316 e. The van der Waals surface area contributed by atoms with Gasteiger partial charge in [0, 0.05) is 19.6 Å². The van der Waals surface area contributed by atoms with Gasteiger partial charge in [0.05, 0.1) is 9.92 Å². The molecule has 1 aliphatic rings. The first-order valence-corrected chi connectivity index (χ1v) is 8.71. The summed E-state index contributed by atoms with van der Waals surface area (Å²) in [6.07, 6.45) is 2.09. The number of rotatable bonds is 6. The van der Waals surface area contributed by atoms with Gasteiger partial charge in [0.1, 0.15) is 5.82 Å². The molecule has 1 saturated carbocycles. The lowest BCUT2D eigenvalue weighted by Crippen LogP contribution is -2.36. The molecule has 4 nitrogen and oxygen atoms in total. The fourth-order valence-corrected chi connectivity index (χ4v) is 4.01. The Kier molecular flexibility index (Phi) is 4.92. The Labute approximate surface area is 130 Å². The molecule has 21 heavy (non-hydrogen) atoms. The van der Waals surface area contributed by atoms with Gasteiger partial charge >= 0.3 is 0 Å². The molecule has 1 fully saturated rings. The second-order valence-electron chi connectivity index (χ2n) is 5.51. The Bertz CT molecular complexity index is 632. The lowest BCUT2D eigenvalue weighted by molar-refractivity contribution is 0.356. The standard InChI is InChI=1S/C14H20ClFN2O2S/c1-9(10-4-5-10)18(3)21(19,20)12-6-11(8-17-2)14(15)13(16)7-12/h6-7,9-10,17H,4-5,8H2,1-3H3. The van der Waals surface area contributed by atoms with Gasteiger partial charge in [-0.05, 0) is 50.4 Å². The van der Waals surface area contributed by atoms with Crippen LogP contribution in [0.4, 0.5) is 4.39 Å². The molecular formula is C14H20ClFN2O2S. The van der Waals surface area contributed by atoms with Crippen LogP contribution in [0.2, 0.25) is 5.02 Å². The van der Waals surface area contributed by atoms with E-state index in [9.17, 15) is 12.8 Å². The summed E-state index contributed by atoms with van der Waals surface area (Å²) < 4.78 is 40.5. The summed E-state index contributed by atoms with van der Waals surface area (Å²) in [4.78, 5) is -0.0512. The fraction of sp³-hybridized carbons (Fsp3) is 0.571. The molecule has 0 amide bonds. The Morgan fingerprint density at radius 3 is 2.62 bits per heavy atom. The van der Waals surface area contributed by atoms with Gasteiger partial charge in [-0.1, -0.05) is 11.6 Å². The van der Waals surface area contributed by atoms with Gasteiger partial charge in [-0.25, -0.2) is 12.8 Å². The third-order valence-electron chi connectivity index (χ3n) is 4.00. The molecule has 1 aromatic rings. The van der Waals surface area contributed by atoms with Crippen LogP contribution in [0, 0.1) is 11.7 Å². The smallest absolute Gasteiger partial charge is 0.243 e. The predicted octanol–water partition coefficient (Wildman–Crippen LogP) is 2.62. The van der Waals surface area contributed by atoms with E-state index in [2.05, 4.69) is 5.32 Å². The highest BCUT2D eigenvalue weighted by molar-refractivity contribution is 7.89. The lowest BCUT2D eigenvalue weighted by atomic mass is 10.2. The number of hydrogen-bond donors (Lipinski definition) is 1. The zero-order chi connectivity index (χ0) is 15.8. The fourth-order valence-electron chi connectivity index (χ4n) is 2.35. The van der Waals surface area contributed by atoms with Crippen molar-refractivity contribution in [3.8, 4) is 0 Å². The number of benzene rings is 1. The maximum absolute atomic E-state index is 13.9. The number of nitrogens with zero attached hydrogens (tertiary/aromatic N) is 1. The van der Waals surface area contributed by atoms with Crippen LogP contribution in [0.5, 0.6) is 0 Å². The molecule has 1 unspecified atom stereocenters. The quantitative estimate of drug-likeness (QED) is 0.870. The van der Waals surface area contributed by atoms with E-state index in [4.69, 9.17) is 11.6 Å². The average molecular weight is 335 g/mol. The Balaban J connectivity index is 2.39. The van der Waals surface area contributed by atoms with Crippen molar-refractivity contribution in [1.29, 1.82) is 0 Å². The largest absolute Gasteiger partial charge is 0.316 e. The van der Waals surface area contributed by atoms with Crippen molar-refractivity contribution in [3.63, 3.8) is 0 Å². The molecule has 1 N–H and O–H groups in total. The second-order valence-corrected chi connectivity index (χ2v) is 7.88. The molecule has 0 spiro atoms. The van der Waals surface area contributed by atoms with E-state index in [1.165, 1.54) is 10.4 Å². The van der Waals surface area contributed by atoms with Crippen molar-refractivity contribution < 1.29 is 12.8 Å². The SMILES string of the molecule is CNCc1cc(S(=O)(=O)N(C)C(C)C2CC2)cc(F)c1Cl. The molecular weight excluding hydrogens is 315 g/mol. The maximum atomic E-state index is 13.9. The Morgan fingerprint density at radius 1 is 1.48 bits per heavy atom. The first kappa shape index (κ1) is 16.7. The molecule has 1 aromatic carbocycles. The topological polar surface area (TPSA) is 49.4 Å². The van der Waals surface area contributed by atoms with Crippen molar-refractivity contribution in [2.75, 3.05) is 14.1 Å². The molecule has 0 radical (unpaired) electrons. The molecule has 2 rings (SSSR count). The van der Waals surface area contributed by atoms with Crippen LogP contribution in [-0.4, -0.2) is 32.9 Å². The summed E-state index contributed by atoms with van der Waals surface area (Å²) in [6.45, 7) is 2.19. The summed E-state index contributed by atoms with van der Waals surface area (Å²) in [5, 5.41) is 2.81. The number of sulfonamides is 1. The van der Waals surface area contributed by atoms with Gasteiger partial charge in [0.15, 0.2) is 0 Å². The van der Waals surface area contributed by atoms with E-state index >= 15 is 0 Å². The number of hydrogen-bond acceptors (Lipinski definition) is 3. The molecule has 7 heteroatoms. The van der Waals surface area contributed by atoms with Gasteiger partial charge in [0.2, 0.25) is 10.0 Å². The van der Waals surface area contributed by atoms with E-state index in [0.29, 0.717) is 18.0 Å². The van der Waals surface area contributed by atoms with Crippen LogP contribution in [0.15, 0.2) is 17.0 Å². The van der Waals surface area contributed by atoms with E-state index < -0.39 is 15.8 Å². The van der Waals surface area contributed by atoms with Gasteiger partial charge in [0.25, 0.3) is 0 Å². The van der Waals surface area contributed by atoms with Crippen molar-refractivity contribution in [2.45, 2.75) is 37.2 Å². The molecule has 1 atom stereocenters. The summed E-state index contributed by atoms with van der Waals surface area (Å²) in [6, 6.07) is 2.35. The van der Waals surface area contributed by atoms with Gasteiger partial charge in [-0.3, -0.25) is 0 Å². The third-order valence-corrected chi connectivity index (χ3v) is 6.34. The predicted molar refractivity (Wildman–Crippen MR) is 81.3 cm³/mol. The van der Waals surface area contributed by atoms with Gasteiger partial charge < -0.3 is 5.32 Å². The summed E-state index contributed by atoms with van der Waals surface area (Å²) in [5.74, 6) is -0.311. The highest BCUT2D eigenvalue weighted by Gasteiger charge is 2.36. The zero-order valence-corrected chi connectivity index (χ0v) is 13.9. The summed E-state index contributed by atoms with van der Waals surface area (Å²) >= 11 is 5.87. The summed E-state index contributed by atoms with van der Waals surface area (Å²) in [7, 11) is -0.481. The van der Waals surface area contributed by atoms with Crippen LogP contribution in [-0.2, 0) is 16.6 Å². The molecule has 118 valence electrons. The first-order chi connectivity index (χ1) is 9.78. The van der Waals surface area contributed by atoms with Crippen molar-refractivity contribution >= 4 is 21.6 Å². The van der Waals surface area contributed by atoms with Crippen LogP contribution in [0.25, 0.3) is 0 Å². The monoisotopic (exact) mass is 334 g/mol. The maximum Gasteiger partial charge on any atom is 0.243 e. The van der Waals surface area contributed by atoms with Crippen molar-refractivity contribution in [3.05, 3.63) is 28.5 Å². The second kappa shape index (κ2) is 6.20. The zero-order valence-electron chi connectivity index (χ0n) is 12.4. The molecule has 1 aliphatic carbocycles. The third kappa shape index (κ3) is 3.39. The van der Waals surface area contributed by atoms with E-state index in [1.54, 1.807) is 14.1 Å². The van der Waals surface area contributed by atoms with Crippen molar-refractivity contribution in [1.82, 2.24) is 9.62 Å². The Hall–Kier alpha value is -0.690. The van der Waals surface area contributed by atoms with Gasteiger partial charge in [-0.2, -0.15) is 4.31 Å². The van der Waals surface area contributed by atoms with Crippen LogP contribution >= 0.6 is 11.6 Å². The molecule has 0 heterocycles. The summed E-state index contributed by atoms with van der Waals surface area (Å²) in [5.41, 5.74) is 0.435. The average Bonchev–Trinajstić information content (AvgIpc) is 3.26. The van der Waals surface area contributed by atoms with E-state index in [0.717, 1.165) is 18.9 Å². The minimum absolute atomic E-state index is 0.0406. The van der Waals surface area contributed by atoms with Crippen molar-refractivity contribution in [2.24, 2.45) is 5.92 Å². The minimum atomic E-state index is -3.72.